The van der Waals surface area contributed by atoms with Gasteiger partial charge in [0.1, 0.15) is 0 Å². The first-order valence-electron chi connectivity index (χ1n) is 9.32. The summed E-state index contributed by atoms with van der Waals surface area (Å²) < 4.78 is 39.1. The van der Waals surface area contributed by atoms with Crippen LogP contribution in [-0.4, -0.2) is 28.7 Å². The Morgan fingerprint density at radius 1 is 1.07 bits per heavy atom. The third-order valence-corrected chi connectivity index (χ3v) is 4.36. The topological polar surface area (TPSA) is 49.2 Å². The van der Waals surface area contributed by atoms with E-state index in [1.165, 1.54) is 6.07 Å². The van der Waals surface area contributed by atoms with Crippen molar-refractivity contribution in [1.82, 2.24) is 15.0 Å². The highest BCUT2D eigenvalue weighted by Crippen LogP contribution is 2.28. The number of hydrogen-bond donors (Lipinski definition) is 0. The van der Waals surface area contributed by atoms with E-state index in [0.29, 0.717) is 36.6 Å². The molecule has 0 aliphatic heterocycles. The van der Waals surface area contributed by atoms with Crippen LogP contribution >= 0.6 is 0 Å². The second kappa shape index (κ2) is 9.82. The smallest absolute Gasteiger partial charge is 0.161 e. The first-order valence-corrected chi connectivity index (χ1v) is 9.32. The molecule has 0 aliphatic carbocycles. The lowest BCUT2D eigenvalue weighted by atomic mass is 10.1. The van der Waals surface area contributed by atoms with E-state index >= 15 is 0 Å². The minimum atomic E-state index is -0.868. The number of ether oxygens (including phenoxy) is 2. The zero-order chi connectivity index (χ0) is 20.6. The van der Waals surface area contributed by atoms with Crippen molar-refractivity contribution in [1.29, 1.82) is 0 Å². The molecule has 152 valence electrons. The summed E-state index contributed by atoms with van der Waals surface area (Å²) in [6, 6.07) is 9.64. The van der Waals surface area contributed by atoms with E-state index < -0.39 is 11.6 Å². The summed E-state index contributed by atoms with van der Waals surface area (Å²) in [7, 11) is 1.62. The van der Waals surface area contributed by atoms with E-state index in [4.69, 9.17) is 9.47 Å². The highest BCUT2D eigenvalue weighted by Gasteiger charge is 2.08. The Bertz CT molecular complexity index is 972. The molecule has 3 rings (SSSR count). The molecule has 2 aromatic carbocycles. The number of allylic oxidation sites excluding steroid dienone is 1. The normalized spacial score (nSPS) is 10.7. The highest BCUT2D eigenvalue weighted by atomic mass is 19.2. The number of halogens is 2. The Morgan fingerprint density at radius 3 is 2.66 bits per heavy atom. The van der Waals surface area contributed by atoms with Gasteiger partial charge in [-0.1, -0.05) is 23.4 Å². The molecule has 5 nitrogen and oxygen atoms in total. The van der Waals surface area contributed by atoms with Gasteiger partial charge in [-0.05, 0) is 54.7 Å². The molecule has 0 atom stereocenters. The van der Waals surface area contributed by atoms with Gasteiger partial charge in [-0.15, -0.1) is 11.7 Å². The van der Waals surface area contributed by atoms with Crippen molar-refractivity contribution >= 4 is 0 Å². The summed E-state index contributed by atoms with van der Waals surface area (Å²) in [5.41, 5.74) is 2.54. The lowest BCUT2D eigenvalue weighted by Gasteiger charge is -2.11. The van der Waals surface area contributed by atoms with E-state index in [-0.39, 0.29) is 0 Å². The summed E-state index contributed by atoms with van der Waals surface area (Å²) >= 11 is 0. The second-order valence-electron chi connectivity index (χ2n) is 6.59. The molecule has 0 radical (unpaired) electrons. The lowest BCUT2D eigenvalue weighted by Crippen LogP contribution is -2.02. The largest absolute Gasteiger partial charge is 0.493 e. The van der Waals surface area contributed by atoms with Crippen LogP contribution in [0.25, 0.3) is 0 Å². The first-order chi connectivity index (χ1) is 14.1. The van der Waals surface area contributed by atoms with Gasteiger partial charge in [0.25, 0.3) is 0 Å². The number of nitrogens with zero attached hydrogens (tertiary/aromatic N) is 3. The number of aryl methyl sites for hydroxylation is 1. The molecule has 0 spiro atoms. The van der Waals surface area contributed by atoms with Crippen LogP contribution in [-0.2, 0) is 19.4 Å². The minimum absolute atomic E-state index is 0.328. The van der Waals surface area contributed by atoms with Gasteiger partial charge in [-0.2, -0.15) is 0 Å². The van der Waals surface area contributed by atoms with Gasteiger partial charge < -0.3 is 9.47 Å². The fraction of sp³-hybridized carbons (Fsp3) is 0.273. The zero-order valence-corrected chi connectivity index (χ0v) is 16.3. The standard InChI is InChI=1S/C22H23F2N3O2/c1-3-5-16-8-10-21(22(13-16)28-2)29-11-4-6-18-15-27(26-25-18)14-17-7-9-19(23)20(24)12-17/h3,7-10,12-13,15H,1,4-6,11,14H2,2H3. The minimum Gasteiger partial charge on any atom is -0.493 e. The Kier molecular flexibility index (Phi) is 6.94. The fourth-order valence-electron chi connectivity index (χ4n) is 2.92. The molecule has 0 saturated heterocycles. The summed E-state index contributed by atoms with van der Waals surface area (Å²) in [4.78, 5) is 0. The molecule has 1 heterocycles. The predicted molar refractivity (Wildman–Crippen MR) is 106 cm³/mol. The van der Waals surface area contributed by atoms with Crippen LogP contribution in [0, 0.1) is 11.6 Å². The third kappa shape index (κ3) is 5.63. The van der Waals surface area contributed by atoms with Crippen molar-refractivity contribution in [2.24, 2.45) is 0 Å². The Labute approximate surface area is 168 Å². The molecule has 7 heteroatoms. The summed E-state index contributed by atoms with van der Waals surface area (Å²) in [6.45, 7) is 4.57. The van der Waals surface area contributed by atoms with Gasteiger partial charge in [0.2, 0.25) is 0 Å². The van der Waals surface area contributed by atoms with Gasteiger partial charge in [-0.3, -0.25) is 0 Å². The van der Waals surface area contributed by atoms with Gasteiger partial charge in [-0.25, -0.2) is 13.5 Å². The fourth-order valence-corrected chi connectivity index (χ4v) is 2.92. The maximum atomic E-state index is 13.3. The molecular formula is C22H23F2N3O2. The summed E-state index contributed by atoms with van der Waals surface area (Å²) in [5, 5.41) is 8.15. The van der Waals surface area contributed by atoms with Crippen molar-refractivity contribution in [3.8, 4) is 11.5 Å². The molecule has 3 aromatic rings. The molecule has 0 saturated carbocycles. The monoisotopic (exact) mass is 399 g/mol. The molecule has 29 heavy (non-hydrogen) atoms. The van der Waals surface area contributed by atoms with Gasteiger partial charge in [0, 0.05) is 6.20 Å². The van der Waals surface area contributed by atoms with Crippen LogP contribution in [0.3, 0.4) is 0 Å². The van der Waals surface area contributed by atoms with Crippen LogP contribution in [0.2, 0.25) is 0 Å². The first kappa shape index (κ1) is 20.5. The van der Waals surface area contributed by atoms with Crippen LogP contribution in [0.4, 0.5) is 8.78 Å². The van der Waals surface area contributed by atoms with E-state index in [9.17, 15) is 8.78 Å². The van der Waals surface area contributed by atoms with E-state index in [1.54, 1.807) is 18.0 Å². The average Bonchev–Trinajstić information content (AvgIpc) is 3.16. The Hall–Kier alpha value is -3.22. The quantitative estimate of drug-likeness (QED) is 0.376. The Morgan fingerprint density at radius 2 is 1.90 bits per heavy atom. The predicted octanol–water partition coefficient (Wildman–Crippen LogP) is 4.35. The SMILES string of the molecule is C=CCc1ccc(OCCCc2cn(Cc3ccc(F)c(F)c3)nn2)c(OC)c1. The van der Waals surface area contributed by atoms with Gasteiger partial charge in [0.15, 0.2) is 23.1 Å². The van der Waals surface area contributed by atoms with Crippen LogP contribution in [0.1, 0.15) is 23.2 Å². The van der Waals surface area contributed by atoms with Crippen molar-refractivity contribution in [2.75, 3.05) is 13.7 Å². The van der Waals surface area contributed by atoms with Crippen LogP contribution in [0.5, 0.6) is 11.5 Å². The molecule has 0 amide bonds. The maximum absolute atomic E-state index is 13.3. The van der Waals surface area contributed by atoms with Crippen molar-refractivity contribution in [3.05, 3.63) is 83.7 Å². The van der Waals surface area contributed by atoms with Gasteiger partial charge in [0.05, 0.1) is 26.0 Å². The second-order valence-corrected chi connectivity index (χ2v) is 6.59. The summed E-state index contributed by atoms with van der Waals surface area (Å²) in [5.74, 6) is -0.336. The van der Waals surface area contributed by atoms with E-state index in [1.807, 2.05) is 24.3 Å². The Balaban J connectivity index is 1.49. The molecule has 0 aliphatic rings. The summed E-state index contributed by atoms with van der Waals surface area (Å²) in [6.07, 6.45) is 5.86. The number of rotatable bonds is 10. The van der Waals surface area contributed by atoms with Gasteiger partial charge >= 0.3 is 0 Å². The van der Waals surface area contributed by atoms with Crippen LogP contribution in [0.15, 0.2) is 55.3 Å². The van der Waals surface area contributed by atoms with Crippen molar-refractivity contribution in [2.45, 2.75) is 25.8 Å². The number of aromatic nitrogens is 3. The van der Waals surface area contributed by atoms with Crippen molar-refractivity contribution < 1.29 is 18.3 Å². The number of methoxy groups -OCH3 is 1. The third-order valence-electron chi connectivity index (χ3n) is 4.36. The molecule has 0 bridgehead atoms. The van der Waals surface area contributed by atoms with E-state index in [0.717, 1.165) is 36.2 Å². The molecule has 0 fully saturated rings. The molecule has 0 N–H and O–H groups in total. The highest BCUT2D eigenvalue weighted by molar-refractivity contribution is 5.43. The van der Waals surface area contributed by atoms with Crippen molar-refractivity contribution in [3.63, 3.8) is 0 Å². The number of hydrogen-bond acceptors (Lipinski definition) is 4. The lowest BCUT2D eigenvalue weighted by molar-refractivity contribution is 0.289. The zero-order valence-electron chi connectivity index (χ0n) is 16.3. The van der Waals surface area contributed by atoms with E-state index in [2.05, 4.69) is 16.9 Å². The molecule has 1 aromatic heterocycles. The molecular weight excluding hydrogens is 376 g/mol. The molecule has 0 unspecified atom stereocenters. The number of benzene rings is 2. The van der Waals surface area contributed by atoms with Crippen LogP contribution < -0.4 is 9.47 Å². The maximum Gasteiger partial charge on any atom is 0.161 e. The average molecular weight is 399 g/mol.